The van der Waals surface area contributed by atoms with Crippen LogP contribution in [0.25, 0.3) is 0 Å². The van der Waals surface area contributed by atoms with Gasteiger partial charge in [-0.05, 0) is 25.5 Å². The summed E-state index contributed by atoms with van der Waals surface area (Å²) in [6.45, 7) is 5.62. The molecule has 0 bridgehead atoms. The molecule has 1 saturated heterocycles. The van der Waals surface area contributed by atoms with Gasteiger partial charge in [0.1, 0.15) is 0 Å². The molecular weight excluding hydrogens is 126 g/mol. The summed E-state index contributed by atoms with van der Waals surface area (Å²) in [5, 5.41) is 3.07. The van der Waals surface area contributed by atoms with Crippen LogP contribution in [0.3, 0.4) is 0 Å². The van der Waals surface area contributed by atoms with E-state index in [2.05, 4.69) is 11.9 Å². The fourth-order valence-corrected chi connectivity index (χ4v) is 0.936. The van der Waals surface area contributed by atoms with Crippen molar-refractivity contribution in [3.63, 3.8) is 0 Å². The van der Waals surface area contributed by atoms with E-state index in [1.807, 2.05) is 0 Å². The maximum atomic E-state index is 5.07. The van der Waals surface area contributed by atoms with Crippen molar-refractivity contribution >= 4 is 0 Å². The Morgan fingerprint density at radius 3 is 3.00 bits per heavy atom. The molecule has 58 valence electrons. The molecule has 1 unspecified atom stereocenters. The Labute approximate surface area is 62.3 Å². The van der Waals surface area contributed by atoms with Crippen molar-refractivity contribution in [2.45, 2.75) is 25.4 Å². The zero-order valence-electron chi connectivity index (χ0n) is 6.31. The predicted octanol–water partition coefficient (Wildman–Crippen LogP) is 1.29. The van der Waals surface area contributed by atoms with Crippen molar-refractivity contribution in [2.75, 3.05) is 13.2 Å². The minimum Gasteiger partial charge on any atom is -0.391 e. The van der Waals surface area contributed by atoms with Gasteiger partial charge in [0.15, 0.2) is 0 Å². The second-order valence-electron chi connectivity index (χ2n) is 2.61. The van der Waals surface area contributed by atoms with E-state index in [-0.39, 0.29) is 0 Å². The van der Waals surface area contributed by atoms with Gasteiger partial charge < -0.3 is 10.1 Å². The highest BCUT2D eigenvalue weighted by molar-refractivity contribution is 4.69. The zero-order valence-corrected chi connectivity index (χ0v) is 6.31. The Bertz CT molecular complexity index is 99.4. The second kappa shape index (κ2) is 4.34. The number of hydrogen-bond donors (Lipinski definition) is 1. The molecule has 1 rings (SSSR count). The third-order valence-electron chi connectivity index (χ3n) is 1.64. The minimum atomic E-state index is 0.601. The Morgan fingerprint density at radius 1 is 1.60 bits per heavy atom. The van der Waals surface area contributed by atoms with Gasteiger partial charge in [0.05, 0.1) is 12.7 Å². The predicted molar refractivity (Wildman–Crippen MR) is 41.8 cm³/mol. The van der Waals surface area contributed by atoms with Crippen molar-refractivity contribution in [3.05, 3.63) is 12.8 Å². The van der Waals surface area contributed by atoms with E-state index < -0.39 is 0 Å². The van der Waals surface area contributed by atoms with Gasteiger partial charge in [-0.15, -0.1) is 0 Å². The lowest BCUT2D eigenvalue weighted by molar-refractivity contribution is 0.389. The van der Waals surface area contributed by atoms with E-state index in [0.29, 0.717) is 6.10 Å². The van der Waals surface area contributed by atoms with Gasteiger partial charge in [-0.2, -0.15) is 0 Å². The maximum absolute atomic E-state index is 5.07. The molecule has 2 heteroatoms. The summed E-state index contributed by atoms with van der Waals surface area (Å²) in [5.74, 6) is 0. The first-order chi connectivity index (χ1) is 4.93. The fraction of sp³-hybridized carbons (Fsp3) is 0.750. The molecule has 0 aromatic heterocycles. The van der Waals surface area contributed by atoms with Gasteiger partial charge in [0, 0.05) is 6.54 Å². The van der Waals surface area contributed by atoms with Crippen LogP contribution in [-0.4, -0.2) is 19.3 Å². The van der Waals surface area contributed by atoms with Crippen molar-refractivity contribution in [1.29, 1.82) is 0 Å². The first-order valence-corrected chi connectivity index (χ1v) is 3.89. The average Bonchev–Trinajstić information content (AvgIpc) is 2.71. The molecule has 0 spiro atoms. The van der Waals surface area contributed by atoms with Gasteiger partial charge in [-0.25, -0.2) is 0 Å². The molecule has 1 atom stereocenters. The quantitative estimate of drug-likeness (QED) is 0.445. The molecule has 1 heterocycles. The molecule has 0 amide bonds. The van der Waals surface area contributed by atoms with Crippen LogP contribution in [0.15, 0.2) is 12.8 Å². The van der Waals surface area contributed by atoms with Crippen LogP contribution in [0.2, 0.25) is 0 Å². The summed E-state index contributed by atoms with van der Waals surface area (Å²) in [5.41, 5.74) is 0. The first-order valence-electron chi connectivity index (χ1n) is 3.89. The summed E-state index contributed by atoms with van der Waals surface area (Å²) in [4.78, 5) is 0. The van der Waals surface area contributed by atoms with Crippen LogP contribution in [-0.2, 0) is 4.74 Å². The SMILES string of the molecule is C=CNCCCCC1CO1. The molecule has 1 N–H and O–H groups in total. The molecule has 2 nitrogen and oxygen atoms in total. The first kappa shape index (κ1) is 7.61. The summed E-state index contributed by atoms with van der Waals surface area (Å²) in [6, 6.07) is 0. The van der Waals surface area contributed by atoms with E-state index in [9.17, 15) is 0 Å². The van der Waals surface area contributed by atoms with Crippen LogP contribution >= 0.6 is 0 Å². The summed E-state index contributed by atoms with van der Waals surface area (Å²) in [7, 11) is 0. The normalized spacial score (nSPS) is 22.2. The summed E-state index contributed by atoms with van der Waals surface area (Å²) < 4.78 is 5.07. The van der Waals surface area contributed by atoms with E-state index in [0.717, 1.165) is 13.2 Å². The third kappa shape index (κ3) is 3.51. The Kier molecular flexibility index (Phi) is 3.30. The molecule has 1 aliphatic heterocycles. The Hall–Kier alpha value is -0.500. The fourth-order valence-electron chi connectivity index (χ4n) is 0.936. The maximum Gasteiger partial charge on any atom is 0.0810 e. The van der Waals surface area contributed by atoms with Crippen LogP contribution in [0.1, 0.15) is 19.3 Å². The lowest BCUT2D eigenvalue weighted by Crippen LogP contribution is -2.05. The van der Waals surface area contributed by atoms with Gasteiger partial charge in [0.2, 0.25) is 0 Å². The molecule has 0 saturated carbocycles. The van der Waals surface area contributed by atoms with Gasteiger partial charge in [0.25, 0.3) is 0 Å². The molecular formula is C8H15NO. The van der Waals surface area contributed by atoms with Crippen LogP contribution in [0.5, 0.6) is 0 Å². The average molecular weight is 141 g/mol. The van der Waals surface area contributed by atoms with Gasteiger partial charge in [-0.3, -0.25) is 0 Å². The smallest absolute Gasteiger partial charge is 0.0810 e. The van der Waals surface area contributed by atoms with Gasteiger partial charge >= 0.3 is 0 Å². The Balaban J connectivity index is 1.72. The molecule has 1 aliphatic rings. The van der Waals surface area contributed by atoms with Crippen LogP contribution in [0, 0.1) is 0 Å². The molecule has 1 fully saturated rings. The van der Waals surface area contributed by atoms with E-state index in [1.54, 1.807) is 6.20 Å². The number of epoxide rings is 1. The number of ether oxygens (including phenoxy) is 1. The van der Waals surface area contributed by atoms with Crippen molar-refractivity contribution < 1.29 is 4.74 Å². The van der Waals surface area contributed by atoms with Crippen molar-refractivity contribution in [1.82, 2.24) is 5.32 Å². The largest absolute Gasteiger partial charge is 0.391 e. The Morgan fingerprint density at radius 2 is 2.40 bits per heavy atom. The second-order valence-corrected chi connectivity index (χ2v) is 2.61. The highest BCUT2D eigenvalue weighted by Gasteiger charge is 2.20. The topological polar surface area (TPSA) is 24.6 Å². The highest BCUT2D eigenvalue weighted by Crippen LogP contribution is 2.15. The van der Waals surface area contributed by atoms with Crippen molar-refractivity contribution in [2.24, 2.45) is 0 Å². The monoisotopic (exact) mass is 141 g/mol. The third-order valence-corrected chi connectivity index (χ3v) is 1.64. The summed E-state index contributed by atoms with van der Waals surface area (Å²) >= 11 is 0. The lowest BCUT2D eigenvalue weighted by Gasteiger charge is -1.97. The highest BCUT2D eigenvalue weighted by atomic mass is 16.6. The number of hydrogen-bond acceptors (Lipinski definition) is 2. The van der Waals surface area contributed by atoms with E-state index in [4.69, 9.17) is 4.74 Å². The standard InChI is InChI=1S/C8H15NO/c1-2-9-6-4-3-5-8-7-10-8/h2,8-9H,1,3-7H2. The van der Waals surface area contributed by atoms with E-state index >= 15 is 0 Å². The molecule has 0 aromatic carbocycles. The van der Waals surface area contributed by atoms with Crippen LogP contribution in [0.4, 0.5) is 0 Å². The summed E-state index contributed by atoms with van der Waals surface area (Å²) in [6.07, 6.45) is 6.08. The zero-order chi connectivity index (χ0) is 7.23. The molecule has 0 radical (unpaired) electrons. The van der Waals surface area contributed by atoms with E-state index in [1.165, 1.54) is 19.3 Å². The van der Waals surface area contributed by atoms with Gasteiger partial charge in [-0.1, -0.05) is 6.58 Å². The minimum absolute atomic E-state index is 0.601. The van der Waals surface area contributed by atoms with Crippen molar-refractivity contribution in [3.8, 4) is 0 Å². The number of unbranched alkanes of at least 4 members (excludes halogenated alkanes) is 1. The number of nitrogens with one attached hydrogen (secondary N) is 1. The number of rotatable bonds is 6. The molecule has 10 heavy (non-hydrogen) atoms. The lowest BCUT2D eigenvalue weighted by atomic mass is 10.2. The molecule has 0 aromatic rings. The molecule has 0 aliphatic carbocycles. The van der Waals surface area contributed by atoms with Crippen LogP contribution < -0.4 is 5.32 Å².